The van der Waals surface area contributed by atoms with E-state index in [0.717, 1.165) is 41.4 Å². The Kier molecular flexibility index (Phi) is 4.15. The Morgan fingerprint density at radius 1 is 1.28 bits per heavy atom. The standard InChI is InChI=1S/C18H21N5O2/c1-12-6-21-23(9-12)10-13(2)19-7-15-8-20-22-18(15)14-3-4-16-17(5-14)25-11-24-16/h3-6,8-9,13,19H,7,10-11H2,1-2H3,(H,20,22). The second-order valence-corrected chi connectivity index (χ2v) is 6.36. The van der Waals surface area contributed by atoms with Crippen LogP contribution < -0.4 is 14.8 Å². The van der Waals surface area contributed by atoms with Crippen LogP contribution in [0.1, 0.15) is 18.1 Å². The first kappa shape index (κ1) is 15.7. The smallest absolute Gasteiger partial charge is 0.231 e. The number of fused-ring (bicyclic) bond motifs is 1. The summed E-state index contributed by atoms with van der Waals surface area (Å²) in [6.07, 6.45) is 5.78. The third kappa shape index (κ3) is 3.36. The minimum Gasteiger partial charge on any atom is -0.454 e. The van der Waals surface area contributed by atoms with Crippen molar-refractivity contribution in [3.63, 3.8) is 0 Å². The van der Waals surface area contributed by atoms with E-state index >= 15 is 0 Å². The van der Waals surface area contributed by atoms with Crippen molar-refractivity contribution in [3.05, 3.63) is 47.9 Å². The van der Waals surface area contributed by atoms with Gasteiger partial charge >= 0.3 is 0 Å². The molecule has 1 unspecified atom stereocenters. The van der Waals surface area contributed by atoms with Gasteiger partial charge < -0.3 is 14.8 Å². The maximum atomic E-state index is 5.46. The van der Waals surface area contributed by atoms with Gasteiger partial charge in [0.15, 0.2) is 11.5 Å². The van der Waals surface area contributed by atoms with Crippen LogP contribution in [0.15, 0.2) is 36.8 Å². The van der Waals surface area contributed by atoms with Gasteiger partial charge in [-0.25, -0.2) is 0 Å². The molecule has 3 aromatic rings. The number of benzene rings is 1. The average Bonchev–Trinajstić information content (AvgIpc) is 3.32. The molecular weight excluding hydrogens is 318 g/mol. The summed E-state index contributed by atoms with van der Waals surface area (Å²) in [5.41, 5.74) is 4.32. The van der Waals surface area contributed by atoms with E-state index in [-0.39, 0.29) is 6.79 Å². The van der Waals surface area contributed by atoms with E-state index in [4.69, 9.17) is 9.47 Å². The van der Waals surface area contributed by atoms with Gasteiger partial charge in [0, 0.05) is 29.9 Å². The number of nitrogens with zero attached hydrogens (tertiary/aromatic N) is 3. The topological polar surface area (TPSA) is 77.0 Å². The zero-order chi connectivity index (χ0) is 17.2. The molecular formula is C18H21N5O2. The van der Waals surface area contributed by atoms with Crippen molar-refractivity contribution in [2.24, 2.45) is 0 Å². The molecule has 7 nitrogen and oxygen atoms in total. The SMILES string of the molecule is Cc1cnn(CC(C)NCc2cn[nH]c2-c2ccc3c(c2)OCO3)c1. The van der Waals surface area contributed by atoms with E-state index in [9.17, 15) is 0 Å². The van der Waals surface area contributed by atoms with Crippen molar-refractivity contribution >= 4 is 0 Å². The second-order valence-electron chi connectivity index (χ2n) is 6.36. The molecule has 1 aromatic carbocycles. The highest BCUT2D eigenvalue weighted by Crippen LogP contribution is 2.36. The number of hydrogen-bond acceptors (Lipinski definition) is 5. The molecule has 130 valence electrons. The quantitative estimate of drug-likeness (QED) is 0.721. The first-order valence-corrected chi connectivity index (χ1v) is 8.34. The van der Waals surface area contributed by atoms with Crippen molar-refractivity contribution in [1.29, 1.82) is 0 Å². The summed E-state index contributed by atoms with van der Waals surface area (Å²) in [5.74, 6) is 1.56. The summed E-state index contributed by atoms with van der Waals surface area (Å²) in [6, 6.07) is 6.22. The number of H-pyrrole nitrogens is 1. The molecule has 0 fully saturated rings. The fourth-order valence-electron chi connectivity index (χ4n) is 2.94. The van der Waals surface area contributed by atoms with Crippen LogP contribution in [0, 0.1) is 6.92 Å². The van der Waals surface area contributed by atoms with Crippen molar-refractivity contribution in [2.75, 3.05) is 6.79 Å². The third-order valence-electron chi connectivity index (χ3n) is 4.24. The third-order valence-corrected chi connectivity index (χ3v) is 4.24. The molecule has 2 aromatic heterocycles. The van der Waals surface area contributed by atoms with Gasteiger partial charge in [-0.1, -0.05) is 0 Å². The van der Waals surface area contributed by atoms with Crippen LogP contribution in [-0.2, 0) is 13.1 Å². The predicted molar refractivity (Wildman–Crippen MR) is 93.4 cm³/mol. The van der Waals surface area contributed by atoms with Gasteiger partial charge in [-0.05, 0) is 37.6 Å². The van der Waals surface area contributed by atoms with Crippen molar-refractivity contribution in [3.8, 4) is 22.8 Å². The number of hydrogen-bond donors (Lipinski definition) is 2. The molecule has 0 saturated heterocycles. The molecule has 0 aliphatic carbocycles. The highest BCUT2D eigenvalue weighted by Gasteiger charge is 2.16. The van der Waals surface area contributed by atoms with Crippen LogP contribution in [0.3, 0.4) is 0 Å². The van der Waals surface area contributed by atoms with Gasteiger partial charge in [0.2, 0.25) is 6.79 Å². The fourth-order valence-corrected chi connectivity index (χ4v) is 2.94. The number of aromatic nitrogens is 4. The van der Waals surface area contributed by atoms with Gasteiger partial charge in [0.25, 0.3) is 0 Å². The Hall–Kier alpha value is -2.80. The highest BCUT2D eigenvalue weighted by molar-refractivity contribution is 5.66. The Bertz CT molecular complexity index is 870. The molecule has 25 heavy (non-hydrogen) atoms. The maximum absolute atomic E-state index is 5.46. The van der Waals surface area contributed by atoms with E-state index in [2.05, 4.69) is 27.5 Å². The van der Waals surface area contributed by atoms with Crippen LogP contribution in [-0.4, -0.2) is 32.8 Å². The maximum Gasteiger partial charge on any atom is 0.231 e. The predicted octanol–water partition coefficient (Wildman–Crippen LogP) is 2.49. The summed E-state index contributed by atoms with van der Waals surface area (Å²) in [5, 5.41) is 15.1. The van der Waals surface area contributed by atoms with E-state index in [1.165, 1.54) is 5.56 Å². The molecule has 2 N–H and O–H groups in total. The first-order valence-electron chi connectivity index (χ1n) is 8.34. The Balaban J connectivity index is 1.43. The molecule has 1 aliphatic rings. The summed E-state index contributed by atoms with van der Waals surface area (Å²) in [6.45, 7) is 6.02. The number of rotatable bonds is 6. The molecule has 0 amide bonds. The Labute approximate surface area is 146 Å². The molecule has 4 rings (SSSR count). The lowest BCUT2D eigenvalue weighted by atomic mass is 10.1. The summed E-state index contributed by atoms with van der Waals surface area (Å²) < 4.78 is 12.8. The largest absolute Gasteiger partial charge is 0.454 e. The van der Waals surface area contributed by atoms with Gasteiger partial charge in [-0.3, -0.25) is 9.78 Å². The van der Waals surface area contributed by atoms with Crippen LogP contribution in [0.4, 0.5) is 0 Å². The van der Waals surface area contributed by atoms with Crippen LogP contribution in [0.2, 0.25) is 0 Å². The zero-order valence-electron chi connectivity index (χ0n) is 14.3. The molecule has 1 atom stereocenters. The minimum atomic E-state index is 0.278. The monoisotopic (exact) mass is 339 g/mol. The van der Waals surface area contributed by atoms with Crippen LogP contribution in [0.25, 0.3) is 11.3 Å². The second kappa shape index (κ2) is 6.60. The summed E-state index contributed by atoms with van der Waals surface area (Å²) in [4.78, 5) is 0. The van der Waals surface area contributed by atoms with E-state index in [0.29, 0.717) is 6.04 Å². The molecule has 0 radical (unpaired) electrons. The minimum absolute atomic E-state index is 0.278. The molecule has 0 saturated carbocycles. The van der Waals surface area contributed by atoms with Gasteiger partial charge in [-0.15, -0.1) is 0 Å². The lowest BCUT2D eigenvalue weighted by Gasteiger charge is -2.14. The number of aromatic amines is 1. The molecule has 1 aliphatic heterocycles. The normalized spacial score (nSPS) is 14.0. The Morgan fingerprint density at radius 2 is 2.16 bits per heavy atom. The lowest BCUT2D eigenvalue weighted by Crippen LogP contribution is -2.30. The van der Waals surface area contributed by atoms with Crippen molar-refractivity contribution in [1.82, 2.24) is 25.3 Å². The number of nitrogens with one attached hydrogen (secondary N) is 2. The number of ether oxygens (including phenoxy) is 2. The molecule has 0 bridgehead atoms. The van der Waals surface area contributed by atoms with Crippen molar-refractivity contribution < 1.29 is 9.47 Å². The highest BCUT2D eigenvalue weighted by atomic mass is 16.7. The van der Waals surface area contributed by atoms with Crippen LogP contribution in [0.5, 0.6) is 11.5 Å². The number of aryl methyl sites for hydroxylation is 1. The lowest BCUT2D eigenvalue weighted by molar-refractivity contribution is 0.174. The summed E-state index contributed by atoms with van der Waals surface area (Å²) >= 11 is 0. The first-order chi connectivity index (χ1) is 12.2. The van der Waals surface area contributed by atoms with Crippen molar-refractivity contribution in [2.45, 2.75) is 33.0 Å². The Morgan fingerprint density at radius 3 is 3.00 bits per heavy atom. The van der Waals surface area contributed by atoms with E-state index in [1.807, 2.05) is 48.4 Å². The molecule has 3 heterocycles. The van der Waals surface area contributed by atoms with Gasteiger partial charge in [0.05, 0.1) is 24.6 Å². The van der Waals surface area contributed by atoms with E-state index < -0.39 is 0 Å². The van der Waals surface area contributed by atoms with E-state index in [1.54, 1.807) is 0 Å². The van der Waals surface area contributed by atoms with Gasteiger partial charge in [-0.2, -0.15) is 10.2 Å². The fraction of sp³-hybridized carbons (Fsp3) is 0.333. The molecule has 0 spiro atoms. The van der Waals surface area contributed by atoms with Gasteiger partial charge in [0.1, 0.15) is 0 Å². The van der Waals surface area contributed by atoms with Crippen LogP contribution >= 0.6 is 0 Å². The zero-order valence-corrected chi connectivity index (χ0v) is 14.3. The summed E-state index contributed by atoms with van der Waals surface area (Å²) in [7, 11) is 0. The molecule has 7 heteroatoms. The average molecular weight is 339 g/mol.